The van der Waals surface area contributed by atoms with Crippen LogP contribution in [0.5, 0.6) is 0 Å². The molecule has 0 unspecified atom stereocenters. The predicted octanol–water partition coefficient (Wildman–Crippen LogP) is 13.0. The molecule has 1 heterocycles. The van der Waals surface area contributed by atoms with E-state index in [9.17, 15) is 0 Å². The summed E-state index contributed by atoms with van der Waals surface area (Å²) in [5.74, 6) is 0. The Hall–Kier alpha value is -5.18. The molecule has 1 aromatic heterocycles. The molecule has 0 fully saturated rings. The molecule has 222 valence electrons. The SMILES string of the molecule is CC1(C)c2cc(Br)ccc2-c2cc3c(cc21)c1ccccc1n3-c1c2ccccc2c(-c2cccc3ccccc23)c2ccccc12. The zero-order valence-electron chi connectivity index (χ0n) is 26.2. The van der Waals surface area contributed by atoms with Crippen LogP contribution in [0.15, 0.2) is 150 Å². The van der Waals surface area contributed by atoms with Crippen molar-refractivity contribution in [1.29, 1.82) is 0 Å². The highest BCUT2D eigenvalue weighted by molar-refractivity contribution is 9.10. The van der Waals surface area contributed by atoms with Gasteiger partial charge in [0.2, 0.25) is 0 Å². The Labute approximate surface area is 281 Å². The van der Waals surface area contributed by atoms with Gasteiger partial charge < -0.3 is 4.57 Å². The van der Waals surface area contributed by atoms with Crippen LogP contribution < -0.4 is 0 Å². The topological polar surface area (TPSA) is 4.93 Å². The second-order valence-electron chi connectivity index (χ2n) is 13.4. The molecule has 47 heavy (non-hydrogen) atoms. The fourth-order valence-corrected chi connectivity index (χ4v) is 8.85. The van der Waals surface area contributed by atoms with Crippen molar-refractivity contribution in [3.63, 3.8) is 0 Å². The summed E-state index contributed by atoms with van der Waals surface area (Å²) < 4.78 is 3.67. The molecule has 9 aromatic rings. The zero-order valence-corrected chi connectivity index (χ0v) is 27.8. The van der Waals surface area contributed by atoms with E-state index in [-0.39, 0.29) is 5.41 Å². The standard InChI is InChI=1S/C45H30BrN/c1-45(2)39-24-28(46)22-23-30(39)37-26-42-38(25-40(37)45)31-15-9-10-21-41(31)47(42)44-35-18-7-5-16-33(35)43(34-17-6-8-19-36(34)44)32-20-11-13-27-12-3-4-14-29(27)32/h3-26H,1-2H3. The van der Waals surface area contributed by atoms with Gasteiger partial charge in [-0.2, -0.15) is 0 Å². The van der Waals surface area contributed by atoms with Crippen molar-refractivity contribution in [3.05, 3.63) is 161 Å². The third-order valence-electron chi connectivity index (χ3n) is 10.6. The molecule has 1 nitrogen and oxygen atoms in total. The number of hydrogen-bond donors (Lipinski definition) is 0. The van der Waals surface area contributed by atoms with E-state index in [0.29, 0.717) is 0 Å². The van der Waals surface area contributed by atoms with E-state index in [0.717, 1.165) is 4.47 Å². The van der Waals surface area contributed by atoms with Gasteiger partial charge in [0.1, 0.15) is 0 Å². The first-order valence-electron chi connectivity index (χ1n) is 16.3. The molecule has 8 aromatic carbocycles. The molecule has 0 bridgehead atoms. The molecular formula is C45H30BrN. The predicted molar refractivity (Wildman–Crippen MR) is 204 cm³/mol. The molecule has 2 heteroatoms. The average molecular weight is 665 g/mol. The van der Waals surface area contributed by atoms with Crippen LogP contribution in [-0.2, 0) is 5.41 Å². The minimum atomic E-state index is -0.0919. The molecule has 10 rings (SSSR count). The molecule has 0 N–H and O–H groups in total. The second-order valence-corrected chi connectivity index (χ2v) is 14.3. The Morgan fingerprint density at radius 3 is 1.79 bits per heavy atom. The molecule has 0 saturated heterocycles. The molecule has 0 spiro atoms. The van der Waals surface area contributed by atoms with Crippen molar-refractivity contribution in [2.75, 3.05) is 0 Å². The third kappa shape index (κ3) is 3.65. The van der Waals surface area contributed by atoms with Gasteiger partial charge in [0, 0.05) is 31.4 Å². The molecule has 1 aliphatic carbocycles. The minimum Gasteiger partial charge on any atom is -0.308 e. The largest absolute Gasteiger partial charge is 0.308 e. The Kier molecular flexibility index (Phi) is 5.55. The number of benzene rings is 8. The van der Waals surface area contributed by atoms with Crippen LogP contribution >= 0.6 is 15.9 Å². The van der Waals surface area contributed by atoms with Gasteiger partial charge in [-0.3, -0.25) is 0 Å². The third-order valence-corrected chi connectivity index (χ3v) is 11.1. The number of fused-ring (bicyclic) bond motifs is 9. The quantitative estimate of drug-likeness (QED) is 0.162. The zero-order chi connectivity index (χ0) is 31.4. The van der Waals surface area contributed by atoms with Crippen LogP contribution in [-0.4, -0.2) is 4.57 Å². The van der Waals surface area contributed by atoms with Gasteiger partial charge in [-0.25, -0.2) is 0 Å². The van der Waals surface area contributed by atoms with E-state index >= 15 is 0 Å². The van der Waals surface area contributed by atoms with E-state index in [2.05, 4.69) is 180 Å². The van der Waals surface area contributed by atoms with Crippen LogP contribution in [0, 0.1) is 0 Å². The van der Waals surface area contributed by atoms with Gasteiger partial charge in [0.05, 0.1) is 16.7 Å². The van der Waals surface area contributed by atoms with Crippen LogP contribution in [0.25, 0.3) is 82.1 Å². The lowest BCUT2D eigenvalue weighted by Gasteiger charge is -2.22. The van der Waals surface area contributed by atoms with Crippen molar-refractivity contribution in [1.82, 2.24) is 4.57 Å². The van der Waals surface area contributed by atoms with Gasteiger partial charge >= 0.3 is 0 Å². The lowest BCUT2D eigenvalue weighted by molar-refractivity contribution is 0.661. The number of aromatic nitrogens is 1. The van der Waals surface area contributed by atoms with Crippen molar-refractivity contribution in [2.24, 2.45) is 0 Å². The number of halogens is 1. The first-order valence-corrected chi connectivity index (χ1v) is 17.1. The summed E-state index contributed by atoms with van der Waals surface area (Å²) in [6.07, 6.45) is 0. The van der Waals surface area contributed by atoms with E-state index in [1.165, 1.54) is 93.2 Å². The van der Waals surface area contributed by atoms with Gasteiger partial charge in [0.15, 0.2) is 0 Å². The Morgan fingerprint density at radius 2 is 1.04 bits per heavy atom. The summed E-state index contributed by atoms with van der Waals surface area (Å²) in [7, 11) is 0. The maximum atomic E-state index is 3.75. The minimum absolute atomic E-state index is 0.0919. The monoisotopic (exact) mass is 663 g/mol. The Morgan fingerprint density at radius 1 is 0.447 bits per heavy atom. The van der Waals surface area contributed by atoms with Gasteiger partial charge in [0.25, 0.3) is 0 Å². The molecule has 0 saturated carbocycles. The summed E-state index contributed by atoms with van der Waals surface area (Å²) >= 11 is 3.75. The van der Waals surface area contributed by atoms with Crippen LogP contribution in [0.2, 0.25) is 0 Å². The molecule has 0 amide bonds. The first kappa shape index (κ1) is 27.0. The molecular weight excluding hydrogens is 634 g/mol. The number of hydrogen-bond acceptors (Lipinski definition) is 0. The van der Waals surface area contributed by atoms with Crippen LogP contribution in [0.1, 0.15) is 25.0 Å². The van der Waals surface area contributed by atoms with E-state index in [1.807, 2.05) is 0 Å². The van der Waals surface area contributed by atoms with Crippen molar-refractivity contribution in [3.8, 4) is 27.9 Å². The molecule has 1 aliphatic rings. The Bertz CT molecular complexity index is 2720. The number of para-hydroxylation sites is 1. The first-order chi connectivity index (χ1) is 23.0. The summed E-state index contributed by atoms with van der Waals surface area (Å²) in [4.78, 5) is 0. The van der Waals surface area contributed by atoms with Gasteiger partial charge in [-0.15, -0.1) is 0 Å². The smallest absolute Gasteiger partial charge is 0.0619 e. The highest BCUT2D eigenvalue weighted by Gasteiger charge is 2.36. The van der Waals surface area contributed by atoms with Gasteiger partial charge in [-0.05, 0) is 85.3 Å². The van der Waals surface area contributed by atoms with Crippen molar-refractivity contribution < 1.29 is 0 Å². The summed E-state index contributed by atoms with van der Waals surface area (Å²) in [6, 6.07) is 54.1. The summed E-state index contributed by atoms with van der Waals surface area (Å²) in [5.41, 5.74) is 11.6. The number of nitrogens with zero attached hydrogens (tertiary/aromatic N) is 1. The maximum absolute atomic E-state index is 3.75. The highest BCUT2D eigenvalue weighted by atomic mass is 79.9. The Balaban J connectivity index is 1.38. The average Bonchev–Trinajstić information content (AvgIpc) is 3.53. The molecule has 0 radical (unpaired) electrons. The lowest BCUT2D eigenvalue weighted by atomic mass is 9.82. The second kappa shape index (κ2) is 9.67. The number of rotatable bonds is 2. The lowest BCUT2D eigenvalue weighted by Crippen LogP contribution is -2.14. The van der Waals surface area contributed by atoms with Crippen molar-refractivity contribution in [2.45, 2.75) is 19.3 Å². The maximum Gasteiger partial charge on any atom is 0.0619 e. The van der Waals surface area contributed by atoms with Crippen molar-refractivity contribution >= 4 is 70.1 Å². The highest BCUT2D eigenvalue weighted by Crippen LogP contribution is 2.52. The summed E-state index contributed by atoms with van der Waals surface area (Å²) in [5, 5.41) is 10.1. The molecule has 0 aliphatic heterocycles. The fraction of sp³-hybridized carbons (Fsp3) is 0.0667. The van der Waals surface area contributed by atoms with E-state index in [1.54, 1.807) is 0 Å². The van der Waals surface area contributed by atoms with E-state index in [4.69, 9.17) is 0 Å². The van der Waals surface area contributed by atoms with Gasteiger partial charge in [-0.1, -0.05) is 145 Å². The van der Waals surface area contributed by atoms with Crippen LogP contribution in [0.3, 0.4) is 0 Å². The summed E-state index contributed by atoms with van der Waals surface area (Å²) in [6.45, 7) is 4.73. The fourth-order valence-electron chi connectivity index (χ4n) is 8.49. The molecule has 0 atom stereocenters. The van der Waals surface area contributed by atoms with E-state index < -0.39 is 0 Å². The van der Waals surface area contributed by atoms with Crippen LogP contribution in [0.4, 0.5) is 0 Å². The normalized spacial score (nSPS) is 13.6.